The SMILES string of the molecule is COCCCN1C(=O)C(=O)C(=C([O-])c2ccc(OCC(C)C)c(C)c2)C1c1ccc[nH+]c1. The third kappa shape index (κ3) is 4.99. The number of hydrogen-bond acceptors (Lipinski definition) is 5. The zero-order valence-corrected chi connectivity index (χ0v) is 19.0. The second-order valence-electron chi connectivity index (χ2n) is 8.34. The number of Topliss-reactive ketones (excluding diaryl/α,β-unsaturated/α-hetero) is 1. The van der Waals surface area contributed by atoms with E-state index in [-0.39, 0.29) is 5.57 Å². The number of H-pyrrole nitrogens is 1. The van der Waals surface area contributed by atoms with Crippen LogP contribution in [0.4, 0.5) is 0 Å². The number of ketones is 1. The van der Waals surface area contributed by atoms with Gasteiger partial charge in [0.1, 0.15) is 5.75 Å². The highest BCUT2D eigenvalue weighted by Gasteiger charge is 2.44. The number of rotatable bonds is 9. The highest BCUT2D eigenvalue weighted by Crippen LogP contribution is 2.38. The predicted octanol–water partition coefficient (Wildman–Crippen LogP) is 2.10. The van der Waals surface area contributed by atoms with E-state index in [2.05, 4.69) is 18.8 Å². The minimum absolute atomic E-state index is 0.0257. The Hall–Kier alpha value is -3.19. The quantitative estimate of drug-likeness (QED) is 0.259. The van der Waals surface area contributed by atoms with Crippen molar-refractivity contribution in [2.24, 2.45) is 5.92 Å². The Morgan fingerprint density at radius 1 is 1.25 bits per heavy atom. The van der Waals surface area contributed by atoms with Gasteiger partial charge in [-0.3, -0.25) is 9.59 Å². The first-order chi connectivity index (χ1) is 15.3. The van der Waals surface area contributed by atoms with Crippen LogP contribution in [-0.4, -0.2) is 43.5 Å². The van der Waals surface area contributed by atoms with Gasteiger partial charge in [0, 0.05) is 37.5 Å². The van der Waals surface area contributed by atoms with E-state index in [4.69, 9.17) is 9.47 Å². The average molecular weight is 439 g/mol. The zero-order valence-electron chi connectivity index (χ0n) is 19.0. The molecule has 1 N–H and O–H groups in total. The Bertz CT molecular complexity index is 1000. The first-order valence-electron chi connectivity index (χ1n) is 10.8. The molecule has 7 nitrogen and oxygen atoms in total. The molecule has 2 aromatic rings. The lowest BCUT2D eigenvalue weighted by molar-refractivity contribution is -0.379. The summed E-state index contributed by atoms with van der Waals surface area (Å²) in [6.45, 7) is 7.32. The van der Waals surface area contributed by atoms with Crippen molar-refractivity contribution in [1.29, 1.82) is 0 Å². The molecule has 0 radical (unpaired) electrons. The number of nitrogens with one attached hydrogen (secondary N) is 1. The Kier molecular flexibility index (Phi) is 7.64. The highest BCUT2D eigenvalue weighted by atomic mass is 16.5. The van der Waals surface area contributed by atoms with E-state index in [0.717, 1.165) is 5.56 Å². The molecule has 1 fully saturated rings. The smallest absolute Gasteiger partial charge is 0.295 e. The molecule has 1 amide bonds. The summed E-state index contributed by atoms with van der Waals surface area (Å²) in [6.07, 6.45) is 4.00. The molecule has 0 aliphatic carbocycles. The van der Waals surface area contributed by atoms with Gasteiger partial charge in [-0.1, -0.05) is 25.7 Å². The summed E-state index contributed by atoms with van der Waals surface area (Å²) in [5.74, 6) is -0.777. The van der Waals surface area contributed by atoms with Crippen molar-refractivity contribution in [3.63, 3.8) is 0 Å². The number of carbonyl (C=O) groups excluding carboxylic acids is 2. The van der Waals surface area contributed by atoms with Gasteiger partial charge in [0.05, 0.1) is 12.6 Å². The van der Waals surface area contributed by atoms with Gasteiger partial charge < -0.3 is 19.5 Å². The second kappa shape index (κ2) is 10.4. The van der Waals surface area contributed by atoms with Crippen molar-refractivity contribution in [3.05, 3.63) is 65.0 Å². The third-order valence-corrected chi connectivity index (χ3v) is 5.33. The molecular formula is C25H30N2O5. The van der Waals surface area contributed by atoms with Crippen molar-refractivity contribution in [3.8, 4) is 5.75 Å². The number of aryl methyl sites for hydroxylation is 1. The first kappa shape index (κ1) is 23.5. The normalized spacial score (nSPS) is 17.9. The lowest BCUT2D eigenvalue weighted by atomic mass is 9.95. The molecule has 2 heterocycles. The summed E-state index contributed by atoms with van der Waals surface area (Å²) in [5.41, 5.74) is 1.82. The van der Waals surface area contributed by atoms with Crippen molar-refractivity contribution in [1.82, 2.24) is 4.90 Å². The number of carbonyl (C=O) groups is 2. The van der Waals surface area contributed by atoms with Gasteiger partial charge in [0.25, 0.3) is 5.91 Å². The maximum Gasteiger partial charge on any atom is 0.295 e. The number of amides is 1. The van der Waals surface area contributed by atoms with Gasteiger partial charge in [-0.25, -0.2) is 4.98 Å². The molecule has 1 aromatic heterocycles. The molecule has 1 unspecified atom stereocenters. The molecule has 32 heavy (non-hydrogen) atoms. The Balaban J connectivity index is 2.03. The average Bonchev–Trinajstić information content (AvgIpc) is 3.03. The number of aromatic nitrogens is 1. The summed E-state index contributed by atoms with van der Waals surface area (Å²) in [4.78, 5) is 30.2. The van der Waals surface area contributed by atoms with Crippen LogP contribution in [-0.2, 0) is 14.3 Å². The van der Waals surface area contributed by atoms with Crippen molar-refractivity contribution < 1.29 is 29.2 Å². The molecule has 3 rings (SSSR count). The molecule has 1 aliphatic rings. The fourth-order valence-electron chi connectivity index (χ4n) is 3.77. The van der Waals surface area contributed by atoms with Gasteiger partial charge >= 0.3 is 0 Å². The molecule has 1 aromatic carbocycles. The zero-order chi connectivity index (χ0) is 23.3. The van der Waals surface area contributed by atoms with E-state index in [0.29, 0.717) is 49.0 Å². The highest BCUT2D eigenvalue weighted by molar-refractivity contribution is 6.46. The molecule has 7 heteroatoms. The van der Waals surface area contributed by atoms with Crippen LogP contribution in [0.1, 0.15) is 43.0 Å². The van der Waals surface area contributed by atoms with E-state index in [9.17, 15) is 14.7 Å². The fraction of sp³-hybridized carbons (Fsp3) is 0.400. The van der Waals surface area contributed by atoms with Gasteiger partial charge in [-0.05, 0) is 48.6 Å². The molecule has 170 valence electrons. The molecule has 0 spiro atoms. The lowest BCUT2D eigenvalue weighted by Crippen LogP contribution is -2.31. The number of hydrogen-bond donors (Lipinski definition) is 0. The number of likely N-dealkylation sites (tertiary alicyclic amines) is 1. The molecule has 0 saturated carbocycles. The Morgan fingerprint density at radius 2 is 2.03 bits per heavy atom. The maximum absolute atomic E-state index is 13.5. The summed E-state index contributed by atoms with van der Waals surface area (Å²) < 4.78 is 10.9. The number of ether oxygens (including phenoxy) is 2. The summed E-state index contributed by atoms with van der Waals surface area (Å²) >= 11 is 0. The first-order valence-corrected chi connectivity index (χ1v) is 10.8. The van der Waals surface area contributed by atoms with E-state index >= 15 is 0 Å². The second-order valence-corrected chi connectivity index (χ2v) is 8.34. The van der Waals surface area contributed by atoms with Crippen LogP contribution in [0.15, 0.2) is 48.3 Å². The summed E-state index contributed by atoms with van der Waals surface area (Å²) in [5, 5.41) is 13.5. The van der Waals surface area contributed by atoms with Gasteiger partial charge in [0.2, 0.25) is 5.78 Å². The standard InChI is InChI=1S/C25H30N2O5/c1-16(2)15-32-20-9-8-18(13-17(20)3)23(28)21-22(19-7-5-10-26-14-19)27(11-6-12-31-4)25(30)24(21)29/h5,7-10,13-14,16,22,28H,6,11-12,15H2,1-4H3. The number of benzene rings is 1. The third-order valence-electron chi connectivity index (χ3n) is 5.33. The van der Waals surface area contributed by atoms with Crippen LogP contribution in [0.25, 0.3) is 5.76 Å². The number of methoxy groups -OCH3 is 1. The Labute approximate surface area is 188 Å². The molecule has 1 aliphatic heterocycles. The molecular weight excluding hydrogens is 408 g/mol. The Morgan fingerprint density at radius 3 is 2.66 bits per heavy atom. The maximum atomic E-state index is 13.5. The lowest BCUT2D eigenvalue weighted by Gasteiger charge is -2.26. The summed E-state index contributed by atoms with van der Waals surface area (Å²) in [6, 6.07) is 7.95. The van der Waals surface area contributed by atoms with Crippen LogP contribution in [0, 0.1) is 12.8 Å². The summed E-state index contributed by atoms with van der Waals surface area (Å²) in [7, 11) is 1.58. The largest absolute Gasteiger partial charge is 0.872 e. The van der Waals surface area contributed by atoms with Crippen molar-refractivity contribution in [2.75, 3.05) is 26.9 Å². The van der Waals surface area contributed by atoms with Crippen molar-refractivity contribution in [2.45, 2.75) is 33.2 Å². The van der Waals surface area contributed by atoms with Crippen LogP contribution in [0.5, 0.6) is 5.75 Å². The molecule has 1 saturated heterocycles. The van der Waals surface area contributed by atoms with Crippen LogP contribution in [0.3, 0.4) is 0 Å². The monoisotopic (exact) mass is 438 g/mol. The minimum Gasteiger partial charge on any atom is -0.872 e. The number of pyridine rings is 1. The van der Waals surface area contributed by atoms with E-state index in [1.807, 2.05) is 6.92 Å². The topological polar surface area (TPSA) is 93.0 Å². The van der Waals surface area contributed by atoms with E-state index < -0.39 is 23.5 Å². The van der Waals surface area contributed by atoms with E-state index in [1.54, 1.807) is 49.8 Å². The molecule has 0 bridgehead atoms. The van der Waals surface area contributed by atoms with Crippen molar-refractivity contribution >= 4 is 17.4 Å². The number of aromatic amines is 1. The predicted molar refractivity (Wildman–Crippen MR) is 117 cm³/mol. The van der Waals surface area contributed by atoms with Crippen LogP contribution >= 0.6 is 0 Å². The number of nitrogens with zero attached hydrogens (tertiary/aromatic N) is 1. The molecule has 1 atom stereocenters. The van der Waals surface area contributed by atoms with E-state index in [1.165, 1.54) is 4.90 Å². The van der Waals surface area contributed by atoms with Crippen LogP contribution in [0.2, 0.25) is 0 Å². The van der Waals surface area contributed by atoms with Crippen LogP contribution < -0.4 is 14.8 Å². The van der Waals surface area contributed by atoms with Gasteiger partial charge in [0.15, 0.2) is 12.4 Å². The van der Waals surface area contributed by atoms with Gasteiger partial charge in [-0.15, -0.1) is 0 Å². The minimum atomic E-state index is -0.751. The fourth-order valence-corrected chi connectivity index (χ4v) is 3.77. The van der Waals surface area contributed by atoms with Gasteiger partial charge in [-0.2, -0.15) is 0 Å².